The first-order chi connectivity index (χ1) is 8.66. The normalized spacial score (nSPS) is 14.6. The Bertz CT molecular complexity index is 466. The zero-order valence-corrected chi connectivity index (χ0v) is 10.6. The molecule has 0 spiro atoms. The number of aromatic nitrogens is 5. The van der Waals surface area contributed by atoms with Gasteiger partial charge in [0.15, 0.2) is 0 Å². The van der Waals surface area contributed by atoms with Crippen LogP contribution in [-0.4, -0.2) is 42.3 Å². The molecule has 0 radical (unpaired) electrons. The molecule has 0 bridgehead atoms. The summed E-state index contributed by atoms with van der Waals surface area (Å²) >= 11 is 0. The number of hydrogen-bond donors (Lipinski definition) is 2. The fourth-order valence-corrected chi connectivity index (χ4v) is 1.78. The Morgan fingerprint density at radius 2 is 2.33 bits per heavy atom. The molecule has 0 saturated heterocycles. The van der Waals surface area contributed by atoms with Gasteiger partial charge in [-0.2, -0.15) is 5.10 Å². The molecule has 18 heavy (non-hydrogen) atoms. The van der Waals surface area contributed by atoms with E-state index in [-0.39, 0.29) is 6.04 Å². The van der Waals surface area contributed by atoms with Crippen molar-refractivity contribution in [3.63, 3.8) is 0 Å². The van der Waals surface area contributed by atoms with E-state index in [2.05, 4.69) is 20.6 Å². The van der Waals surface area contributed by atoms with Crippen LogP contribution in [0.4, 0.5) is 0 Å². The molecule has 7 heteroatoms. The Morgan fingerprint density at radius 3 is 2.94 bits per heavy atom. The molecule has 98 valence electrons. The Labute approximate surface area is 105 Å². The summed E-state index contributed by atoms with van der Waals surface area (Å²) in [5.41, 5.74) is 0. The number of nitrogens with zero attached hydrogens (tertiary/aromatic N) is 5. The highest BCUT2D eigenvalue weighted by Crippen LogP contribution is 2.06. The summed E-state index contributed by atoms with van der Waals surface area (Å²) < 4.78 is 3.57. The van der Waals surface area contributed by atoms with Gasteiger partial charge in [-0.05, 0) is 13.0 Å². The molecule has 2 heterocycles. The van der Waals surface area contributed by atoms with E-state index in [4.69, 9.17) is 0 Å². The van der Waals surface area contributed by atoms with Crippen molar-refractivity contribution in [2.24, 2.45) is 7.05 Å². The van der Waals surface area contributed by atoms with Crippen molar-refractivity contribution >= 4 is 0 Å². The topological polar surface area (TPSA) is 80.8 Å². The van der Waals surface area contributed by atoms with E-state index in [9.17, 15) is 5.11 Å². The van der Waals surface area contributed by atoms with Gasteiger partial charge in [0.05, 0.1) is 18.7 Å². The number of rotatable bonds is 6. The number of aliphatic hydroxyl groups excluding tert-OH is 1. The molecule has 0 amide bonds. The molecule has 7 nitrogen and oxygen atoms in total. The second-order valence-corrected chi connectivity index (χ2v) is 4.31. The maximum absolute atomic E-state index is 9.87. The zero-order valence-electron chi connectivity index (χ0n) is 10.6. The van der Waals surface area contributed by atoms with Crippen LogP contribution in [-0.2, 0) is 13.6 Å². The van der Waals surface area contributed by atoms with Gasteiger partial charge in [0.2, 0.25) is 0 Å². The first-order valence-electron chi connectivity index (χ1n) is 5.89. The Hall–Kier alpha value is -1.73. The highest BCUT2D eigenvalue weighted by molar-refractivity contribution is 4.92. The van der Waals surface area contributed by atoms with Crippen molar-refractivity contribution in [1.82, 2.24) is 29.9 Å². The van der Waals surface area contributed by atoms with Crippen molar-refractivity contribution in [3.05, 3.63) is 30.6 Å². The number of hydrogen-bond acceptors (Lipinski definition) is 5. The second kappa shape index (κ2) is 5.74. The van der Waals surface area contributed by atoms with Gasteiger partial charge < -0.3 is 15.0 Å². The van der Waals surface area contributed by atoms with Crippen LogP contribution >= 0.6 is 0 Å². The van der Waals surface area contributed by atoms with Crippen LogP contribution in [0, 0.1) is 0 Å². The molecule has 2 aromatic heterocycles. The highest BCUT2D eigenvalue weighted by atomic mass is 16.3. The molecule has 0 aliphatic rings. The van der Waals surface area contributed by atoms with Crippen molar-refractivity contribution in [3.8, 4) is 0 Å². The van der Waals surface area contributed by atoms with Crippen LogP contribution in [0.2, 0.25) is 0 Å². The Morgan fingerprint density at radius 1 is 1.50 bits per heavy atom. The molecule has 0 fully saturated rings. The minimum atomic E-state index is -0.486. The summed E-state index contributed by atoms with van der Waals surface area (Å²) in [7, 11) is 1.90. The van der Waals surface area contributed by atoms with Crippen molar-refractivity contribution in [2.45, 2.75) is 25.6 Å². The summed E-state index contributed by atoms with van der Waals surface area (Å²) in [5, 5.41) is 25.0. The quantitative estimate of drug-likeness (QED) is 0.737. The third-order valence-corrected chi connectivity index (χ3v) is 2.75. The van der Waals surface area contributed by atoms with E-state index in [1.807, 2.05) is 30.8 Å². The minimum absolute atomic E-state index is 0.0461. The Kier molecular flexibility index (Phi) is 4.06. The van der Waals surface area contributed by atoms with Crippen LogP contribution in [0.5, 0.6) is 0 Å². The van der Waals surface area contributed by atoms with Crippen LogP contribution in [0.1, 0.15) is 18.8 Å². The molecule has 2 N–H and O–H groups in total. The van der Waals surface area contributed by atoms with Crippen LogP contribution < -0.4 is 5.32 Å². The molecule has 0 aliphatic heterocycles. The second-order valence-electron chi connectivity index (χ2n) is 4.31. The van der Waals surface area contributed by atoms with E-state index < -0.39 is 6.10 Å². The van der Waals surface area contributed by atoms with Gasteiger partial charge in [-0.1, -0.05) is 0 Å². The smallest absolute Gasteiger partial charge is 0.149 e. The van der Waals surface area contributed by atoms with E-state index in [0.717, 1.165) is 5.82 Å². The van der Waals surface area contributed by atoms with Crippen LogP contribution in [0.15, 0.2) is 24.8 Å². The summed E-state index contributed by atoms with van der Waals surface area (Å²) in [5.74, 6) is 0.848. The highest BCUT2D eigenvalue weighted by Gasteiger charge is 2.13. The summed E-state index contributed by atoms with van der Waals surface area (Å²) in [4.78, 5) is 0. The molecule has 2 unspecified atom stereocenters. The van der Waals surface area contributed by atoms with E-state index in [1.165, 1.54) is 0 Å². The lowest BCUT2D eigenvalue weighted by molar-refractivity contribution is 0.143. The van der Waals surface area contributed by atoms with Crippen molar-refractivity contribution in [2.75, 3.05) is 6.54 Å². The summed E-state index contributed by atoms with van der Waals surface area (Å²) in [6.07, 6.45) is 4.70. The minimum Gasteiger partial charge on any atom is -0.390 e. The number of aryl methyl sites for hydroxylation is 1. The SMILES string of the molecule is CC(NCC(O)Cn1cccn1)c1nncn1C. The lowest BCUT2D eigenvalue weighted by Crippen LogP contribution is -2.33. The van der Waals surface area contributed by atoms with Crippen LogP contribution in [0.25, 0.3) is 0 Å². The van der Waals surface area contributed by atoms with Crippen LogP contribution in [0.3, 0.4) is 0 Å². The monoisotopic (exact) mass is 250 g/mol. The molecule has 0 aliphatic carbocycles. The van der Waals surface area contributed by atoms with E-state index in [1.54, 1.807) is 17.2 Å². The van der Waals surface area contributed by atoms with Gasteiger partial charge in [0.25, 0.3) is 0 Å². The van der Waals surface area contributed by atoms with Gasteiger partial charge in [-0.15, -0.1) is 10.2 Å². The summed E-state index contributed by atoms with van der Waals surface area (Å²) in [6.45, 7) is 2.95. The fraction of sp³-hybridized carbons (Fsp3) is 0.545. The largest absolute Gasteiger partial charge is 0.390 e. The maximum Gasteiger partial charge on any atom is 0.149 e. The lowest BCUT2D eigenvalue weighted by Gasteiger charge is -2.16. The van der Waals surface area contributed by atoms with Gasteiger partial charge in [0, 0.05) is 26.0 Å². The predicted molar refractivity (Wildman–Crippen MR) is 65.7 cm³/mol. The van der Waals surface area contributed by atoms with Gasteiger partial charge in [-0.25, -0.2) is 0 Å². The zero-order chi connectivity index (χ0) is 13.0. The van der Waals surface area contributed by atoms with E-state index >= 15 is 0 Å². The molecule has 2 atom stereocenters. The molecule has 0 saturated carbocycles. The maximum atomic E-state index is 9.87. The fourth-order valence-electron chi connectivity index (χ4n) is 1.78. The Balaban J connectivity index is 1.79. The number of aliphatic hydroxyl groups is 1. The third-order valence-electron chi connectivity index (χ3n) is 2.75. The molecule has 0 aromatic carbocycles. The average molecular weight is 250 g/mol. The third kappa shape index (κ3) is 3.14. The first kappa shape index (κ1) is 12.7. The van der Waals surface area contributed by atoms with Gasteiger partial charge in [0.1, 0.15) is 12.2 Å². The predicted octanol–water partition coefficient (Wildman–Crippen LogP) is -0.277. The van der Waals surface area contributed by atoms with Crippen molar-refractivity contribution in [1.29, 1.82) is 0 Å². The van der Waals surface area contributed by atoms with Gasteiger partial charge in [-0.3, -0.25) is 4.68 Å². The van der Waals surface area contributed by atoms with Gasteiger partial charge >= 0.3 is 0 Å². The van der Waals surface area contributed by atoms with Crippen molar-refractivity contribution < 1.29 is 5.11 Å². The summed E-state index contributed by atoms with van der Waals surface area (Å²) in [6, 6.07) is 1.88. The van der Waals surface area contributed by atoms with E-state index in [0.29, 0.717) is 13.1 Å². The standard InChI is InChI=1S/C11H18N6O/c1-9(11-15-13-8-16(11)2)12-6-10(18)7-17-5-3-4-14-17/h3-5,8-10,12,18H,6-7H2,1-2H3. The molecular weight excluding hydrogens is 232 g/mol. The molecule has 2 rings (SSSR count). The first-order valence-corrected chi connectivity index (χ1v) is 5.89. The molecule has 2 aromatic rings. The average Bonchev–Trinajstić information content (AvgIpc) is 2.97. The number of nitrogens with one attached hydrogen (secondary N) is 1. The molecular formula is C11H18N6O. The lowest BCUT2D eigenvalue weighted by atomic mass is 10.2.